The molecule has 1 aromatic heterocycles. The number of hydrogen-bond acceptors (Lipinski definition) is 4. The highest BCUT2D eigenvalue weighted by Gasteiger charge is 2.12. The lowest BCUT2D eigenvalue weighted by Gasteiger charge is -2.11. The summed E-state index contributed by atoms with van der Waals surface area (Å²) in [6.45, 7) is 0.0938. The van der Waals surface area contributed by atoms with Gasteiger partial charge in [0.1, 0.15) is 18.1 Å². The Balaban J connectivity index is 1.75. The van der Waals surface area contributed by atoms with Crippen molar-refractivity contribution in [2.45, 2.75) is 6.61 Å². The second-order valence-electron chi connectivity index (χ2n) is 5.59. The van der Waals surface area contributed by atoms with Crippen molar-refractivity contribution in [3.8, 4) is 11.5 Å². The minimum atomic E-state index is -0.984. The quantitative estimate of drug-likeness (QED) is 0.482. The van der Waals surface area contributed by atoms with Crippen LogP contribution in [0, 0.1) is 0 Å². The number of carboxylic acid groups (broad SMARTS) is 1. The van der Waals surface area contributed by atoms with Gasteiger partial charge in [0.05, 0.1) is 10.6 Å². The SMILES string of the molecule is O=C(O)C(=Cc1ccc(OCc2c(Cl)ccc(O)c2Cl)cc1)c1ccsc1. The van der Waals surface area contributed by atoms with Crippen LogP contribution in [0.2, 0.25) is 10.0 Å². The molecule has 0 unspecified atom stereocenters. The molecule has 0 fully saturated rings. The highest BCUT2D eigenvalue weighted by atomic mass is 35.5. The van der Waals surface area contributed by atoms with E-state index in [0.717, 1.165) is 5.56 Å². The van der Waals surface area contributed by atoms with Crippen molar-refractivity contribution < 1.29 is 19.7 Å². The summed E-state index contributed by atoms with van der Waals surface area (Å²) in [6, 6.07) is 11.7. The van der Waals surface area contributed by atoms with Gasteiger partial charge in [-0.2, -0.15) is 11.3 Å². The lowest BCUT2D eigenvalue weighted by atomic mass is 10.1. The number of hydrogen-bond donors (Lipinski definition) is 2. The normalized spacial score (nSPS) is 11.4. The molecule has 2 aromatic carbocycles. The Kier molecular flexibility index (Phi) is 6.06. The molecule has 3 rings (SSSR count). The van der Waals surface area contributed by atoms with E-state index in [-0.39, 0.29) is 23.0 Å². The van der Waals surface area contributed by atoms with Gasteiger partial charge in [0, 0.05) is 10.6 Å². The van der Waals surface area contributed by atoms with E-state index in [1.807, 2.05) is 5.38 Å². The van der Waals surface area contributed by atoms with Crippen LogP contribution in [0.4, 0.5) is 0 Å². The third-order valence-corrected chi connectivity index (χ3v) is 5.26. The zero-order valence-electron chi connectivity index (χ0n) is 13.9. The van der Waals surface area contributed by atoms with E-state index >= 15 is 0 Å². The highest BCUT2D eigenvalue weighted by Crippen LogP contribution is 2.33. The standard InChI is InChI=1S/C20H14Cl2O4S/c21-17-5-6-18(23)19(22)16(17)10-26-14-3-1-12(2-4-14)9-15(20(24)25)13-7-8-27-11-13/h1-9,11,23H,10H2,(H,24,25). The van der Waals surface area contributed by atoms with Gasteiger partial charge < -0.3 is 14.9 Å². The van der Waals surface area contributed by atoms with Crippen molar-refractivity contribution in [3.63, 3.8) is 0 Å². The zero-order chi connectivity index (χ0) is 19.4. The largest absolute Gasteiger partial charge is 0.506 e. The summed E-state index contributed by atoms with van der Waals surface area (Å²) in [7, 11) is 0. The highest BCUT2D eigenvalue weighted by molar-refractivity contribution is 7.08. The van der Waals surface area contributed by atoms with Crippen molar-refractivity contribution in [3.05, 3.63) is 80.0 Å². The molecule has 0 atom stereocenters. The van der Waals surface area contributed by atoms with Gasteiger partial charge >= 0.3 is 5.97 Å². The van der Waals surface area contributed by atoms with E-state index in [9.17, 15) is 15.0 Å². The topological polar surface area (TPSA) is 66.8 Å². The molecule has 0 radical (unpaired) electrons. The second-order valence-corrected chi connectivity index (χ2v) is 7.16. The van der Waals surface area contributed by atoms with Crippen molar-refractivity contribution in [2.24, 2.45) is 0 Å². The van der Waals surface area contributed by atoms with Crippen molar-refractivity contribution >= 4 is 52.2 Å². The summed E-state index contributed by atoms with van der Waals surface area (Å²) in [5, 5.41) is 23.3. The first-order valence-electron chi connectivity index (χ1n) is 7.82. The Morgan fingerprint density at radius 2 is 1.85 bits per heavy atom. The van der Waals surface area contributed by atoms with Gasteiger partial charge in [0.15, 0.2) is 0 Å². The molecule has 27 heavy (non-hydrogen) atoms. The molecule has 4 nitrogen and oxygen atoms in total. The fourth-order valence-electron chi connectivity index (χ4n) is 2.39. The average molecular weight is 421 g/mol. The number of carbonyl (C=O) groups is 1. The fourth-order valence-corrected chi connectivity index (χ4v) is 3.52. The molecule has 1 heterocycles. The predicted octanol–water partition coefficient (Wildman–Crippen LogP) is 5.96. The number of benzene rings is 2. The van der Waals surface area contributed by atoms with Crippen LogP contribution in [-0.4, -0.2) is 16.2 Å². The molecule has 0 amide bonds. The molecule has 0 aliphatic rings. The number of phenols is 1. The molecule has 138 valence electrons. The van der Waals surface area contributed by atoms with E-state index < -0.39 is 5.97 Å². The predicted molar refractivity (Wildman–Crippen MR) is 109 cm³/mol. The minimum Gasteiger partial charge on any atom is -0.506 e. The van der Waals surface area contributed by atoms with Crippen LogP contribution < -0.4 is 4.74 Å². The van der Waals surface area contributed by atoms with Crippen molar-refractivity contribution in [2.75, 3.05) is 0 Å². The molecular weight excluding hydrogens is 407 g/mol. The number of phenolic OH excluding ortho intramolecular Hbond substituents is 1. The summed E-state index contributed by atoms with van der Waals surface area (Å²) in [5.41, 5.74) is 2.12. The second kappa shape index (κ2) is 8.48. The van der Waals surface area contributed by atoms with Gasteiger partial charge in [-0.25, -0.2) is 4.79 Å². The van der Waals surface area contributed by atoms with Crippen LogP contribution in [0.5, 0.6) is 11.5 Å². The Hall–Kier alpha value is -2.47. The van der Waals surface area contributed by atoms with Gasteiger partial charge in [-0.15, -0.1) is 0 Å². The average Bonchev–Trinajstić information content (AvgIpc) is 3.18. The first-order valence-corrected chi connectivity index (χ1v) is 9.52. The number of thiophene rings is 1. The zero-order valence-corrected chi connectivity index (χ0v) is 16.2. The summed E-state index contributed by atoms with van der Waals surface area (Å²) in [5.74, 6) is -0.480. The van der Waals surface area contributed by atoms with Crippen molar-refractivity contribution in [1.82, 2.24) is 0 Å². The molecule has 0 spiro atoms. The van der Waals surface area contributed by atoms with E-state index in [0.29, 0.717) is 21.9 Å². The van der Waals surface area contributed by atoms with E-state index in [1.165, 1.54) is 17.4 Å². The van der Waals surface area contributed by atoms with Crippen molar-refractivity contribution in [1.29, 1.82) is 0 Å². The van der Waals surface area contributed by atoms with Crippen LogP contribution in [0.1, 0.15) is 16.7 Å². The lowest BCUT2D eigenvalue weighted by molar-refractivity contribution is -0.130. The lowest BCUT2D eigenvalue weighted by Crippen LogP contribution is -1.99. The Labute approximate surface area is 169 Å². The first kappa shape index (κ1) is 19.3. The Bertz CT molecular complexity index is 980. The Morgan fingerprint density at radius 1 is 1.11 bits per heavy atom. The van der Waals surface area contributed by atoms with Gasteiger partial charge in [-0.1, -0.05) is 35.3 Å². The number of aromatic hydroxyl groups is 1. The molecule has 2 N–H and O–H groups in total. The van der Waals surface area contributed by atoms with Gasteiger partial charge in [0.25, 0.3) is 0 Å². The number of ether oxygens (including phenoxy) is 1. The third kappa shape index (κ3) is 4.63. The molecular formula is C20H14Cl2O4S. The summed E-state index contributed by atoms with van der Waals surface area (Å²) >= 11 is 13.6. The molecule has 0 aliphatic heterocycles. The number of aliphatic carboxylic acids is 1. The molecule has 0 bridgehead atoms. The van der Waals surface area contributed by atoms with Gasteiger partial charge in [-0.05, 0) is 58.3 Å². The third-order valence-electron chi connectivity index (χ3n) is 3.80. The van der Waals surface area contributed by atoms with Crippen LogP contribution in [0.3, 0.4) is 0 Å². The number of halogens is 2. The maximum atomic E-state index is 11.5. The molecule has 3 aromatic rings. The monoisotopic (exact) mass is 420 g/mol. The number of carboxylic acids is 1. The molecule has 0 saturated heterocycles. The summed E-state index contributed by atoms with van der Waals surface area (Å²) in [4.78, 5) is 11.5. The van der Waals surface area contributed by atoms with Gasteiger partial charge in [0.2, 0.25) is 0 Å². The maximum Gasteiger partial charge on any atom is 0.336 e. The molecule has 0 saturated carbocycles. The van der Waals surface area contributed by atoms with Crippen LogP contribution in [0.15, 0.2) is 53.2 Å². The maximum absolute atomic E-state index is 11.5. The summed E-state index contributed by atoms with van der Waals surface area (Å²) in [6.07, 6.45) is 1.61. The van der Waals surface area contributed by atoms with Crippen LogP contribution >= 0.6 is 34.5 Å². The minimum absolute atomic E-state index is 0.0604. The smallest absolute Gasteiger partial charge is 0.336 e. The summed E-state index contributed by atoms with van der Waals surface area (Å²) < 4.78 is 5.67. The van der Waals surface area contributed by atoms with Crippen LogP contribution in [0.25, 0.3) is 11.6 Å². The van der Waals surface area contributed by atoms with E-state index in [1.54, 1.807) is 47.9 Å². The van der Waals surface area contributed by atoms with Crippen LogP contribution in [-0.2, 0) is 11.4 Å². The first-order chi connectivity index (χ1) is 13.0. The molecule has 7 heteroatoms. The fraction of sp³-hybridized carbons (Fsp3) is 0.0500. The number of rotatable bonds is 6. The van der Waals surface area contributed by atoms with E-state index in [4.69, 9.17) is 27.9 Å². The molecule has 0 aliphatic carbocycles. The van der Waals surface area contributed by atoms with Gasteiger partial charge in [-0.3, -0.25) is 0 Å². The Morgan fingerprint density at radius 3 is 2.48 bits per heavy atom. The van der Waals surface area contributed by atoms with E-state index in [2.05, 4.69) is 0 Å².